The molecule has 1 aliphatic heterocycles. The second-order valence-corrected chi connectivity index (χ2v) is 5.21. The van der Waals surface area contributed by atoms with Crippen LogP contribution in [-0.2, 0) is 4.74 Å². The molecule has 1 aromatic rings. The summed E-state index contributed by atoms with van der Waals surface area (Å²) in [6.07, 6.45) is 1.78. The minimum Gasteiger partial charge on any atom is -0.478 e. The number of amides is 2. The van der Waals surface area contributed by atoms with E-state index in [0.717, 1.165) is 31.0 Å². The Bertz CT molecular complexity index is 556. The number of ether oxygens (including phenoxy) is 1. The molecule has 6 nitrogen and oxygen atoms in total. The number of urea groups is 1. The van der Waals surface area contributed by atoms with Gasteiger partial charge in [0.2, 0.25) is 0 Å². The monoisotopic (exact) mass is 296 g/mol. The van der Waals surface area contributed by atoms with Gasteiger partial charge in [0.25, 0.3) is 0 Å². The van der Waals surface area contributed by atoms with Gasteiger partial charge < -0.3 is 20.5 Å². The number of hydrogen-bond donors (Lipinski definition) is 3. The summed E-state index contributed by atoms with van der Waals surface area (Å²) >= 11 is 0. The van der Waals surface area contributed by atoms with Crippen molar-refractivity contribution in [2.24, 2.45) is 0 Å². The Morgan fingerprint density at radius 1 is 1.48 bits per heavy atom. The predicted molar refractivity (Wildman–Crippen MR) is 74.0 cm³/mol. The number of carboxylic acid groups (broad SMARTS) is 1. The van der Waals surface area contributed by atoms with Gasteiger partial charge in [-0.3, -0.25) is 0 Å². The van der Waals surface area contributed by atoms with E-state index >= 15 is 0 Å². The molecule has 0 radical (unpaired) electrons. The smallest absolute Gasteiger partial charge is 0.335 e. The Hall–Kier alpha value is -2.15. The fourth-order valence-corrected chi connectivity index (χ4v) is 2.16. The Morgan fingerprint density at radius 3 is 2.86 bits per heavy atom. The number of rotatable bonds is 4. The number of nitrogens with one attached hydrogen (secondary N) is 2. The van der Waals surface area contributed by atoms with E-state index in [-0.39, 0.29) is 11.3 Å². The SMILES string of the molecule is CC1(CNC(=O)Nc2cc(C(=O)O)ccc2F)CCCO1. The lowest BCUT2D eigenvalue weighted by atomic mass is 10.0. The Labute approximate surface area is 121 Å². The number of carbonyl (C=O) groups excluding carboxylic acids is 1. The van der Waals surface area contributed by atoms with Crippen LogP contribution in [-0.4, -0.2) is 35.9 Å². The maximum atomic E-state index is 13.5. The van der Waals surface area contributed by atoms with Crippen LogP contribution in [0.4, 0.5) is 14.9 Å². The first-order valence-corrected chi connectivity index (χ1v) is 6.61. The molecule has 2 rings (SSSR count). The molecule has 1 heterocycles. The van der Waals surface area contributed by atoms with E-state index in [0.29, 0.717) is 13.2 Å². The van der Waals surface area contributed by atoms with Crippen molar-refractivity contribution in [1.82, 2.24) is 5.32 Å². The number of carbonyl (C=O) groups is 2. The van der Waals surface area contributed by atoms with Crippen molar-refractivity contribution in [3.05, 3.63) is 29.6 Å². The van der Waals surface area contributed by atoms with Gasteiger partial charge in [-0.15, -0.1) is 0 Å². The standard InChI is InChI=1S/C14H17FN2O4/c1-14(5-2-6-21-14)8-16-13(20)17-11-7-9(12(18)19)3-4-10(11)15/h3-4,7H,2,5-6,8H2,1H3,(H,18,19)(H2,16,17,20). The number of anilines is 1. The van der Waals surface area contributed by atoms with Gasteiger partial charge in [0.15, 0.2) is 0 Å². The van der Waals surface area contributed by atoms with E-state index in [1.807, 2.05) is 6.92 Å². The van der Waals surface area contributed by atoms with Gasteiger partial charge in [-0.2, -0.15) is 0 Å². The molecule has 1 aliphatic rings. The maximum absolute atomic E-state index is 13.5. The van der Waals surface area contributed by atoms with Crippen molar-refractivity contribution in [3.8, 4) is 0 Å². The van der Waals surface area contributed by atoms with Crippen LogP contribution in [0.15, 0.2) is 18.2 Å². The van der Waals surface area contributed by atoms with Crippen molar-refractivity contribution in [3.63, 3.8) is 0 Å². The zero-order valence-corrected chi connectivity index (χ0v) is 11.6. The third kappa shape index (κ3) is 3.91. The van der Waals surface area contributed by atoms with E-state index < -0.39 is 23.4 Å². The summed E-state index contributed by atoms with van der Waals surface area (Å²) in [5.41, 5.74) is -0.679. The summed E-state index contributed by atoms with van der Waals surface area (Å²) in [5, 5.41) is 13.8. The van der Waals surface area contributed by atoms with E-state index in [1.54, 1.807) is 0 Å². The van der Waals surface area contributed by atoms with Crippen molar-refractivity contribution in [1.29, 1.82) is 0 Å². The predicted octanol–water partition coefficient (Wildman–Crippen LogP) is 2.21. The van der Waals surface area contributed by atoms with Gasteiger partial charge in [-0.25, -0.2) is 14.0 Å². The van der Waals surface area contributed by atoms with Crippen LogP contribution in [0.25, 0.3) is 0 Å². The molecule has 0 bridgehead atoms. The highest BCUT2D eigenvalue weighted by Crippen LogP contribution is 2.24. The zero-order valence-electron chi connectivity index (χ0n) is 11.6. The molecule has 3 N–H and O–H groups in total. The van der Waals surface area contributed by atoms with Crippen molar-refractivity contribution < 1.29 is 23.8 Å². The molecule has 114 valence electrons. The van der Waals surface area contributed by atoms with Crippen LogP contribution in [0.1, 0.15) is 30.1 Å². The molecule has 2 amide bonds. The molecule has 1 saturated heterocycles. The second-order valence-electron chi connectivity index (χ2n) is 5.21. The largest absolute Gasteiger partial charge is 0.478 e. The molecule has 0 saturated carbocycles. The Balaban J connectivity index is 1.96. The molecule has 0 spiro atoms. The van der Waals surface area contributed by atoms with Crippen LogP contribution in [0, 0.1) is 5.82 Å². The molecule has 1 aromatic carbocycles. The fraction of sp³-hybridized carbons (Fsp3) is 0.429. The summed E-state index contributed by atoms with van der Waals surface area (Å²) in [4.78, 5) is 22.6. The summed E-state index contributed by atoms with van der Waals surface area (Å²) in [6.45, 7) is 2.86. The van der Waals surface area contributed by atoms with Crippen molar-refractivity contribution in [2.75, 3.05) is 18.5 Å². The minimum absolute atomic E-state index is 0.0993. The lowest BCUT2D eigenvalue weighted by Crippen LogP contribution is -2.42. The Kier molecular flexibility index (Phi) is 4.42. The van der Waals surface area contributed by atoms with E-state index in [2.05, 4.69) is 10.6 Å². The highest BCUT2D eigenvalue weighted by Gasteiger charge is 2.30. The third-order valence-corrected chi connectivity index (χ3v) is 3.38. The number of carboxylic acids is 1. The van der Waals surface area contributed by atoms with Crippen LogP contribution in [0.3, 0.4) is 0 Å². The van der Waals surface area contributed by atoms with Crippen LogP contribution < -0.4 is 10.6 Å². The van der Waals surface area contributed by atoms with Gasteiger partial charge >= 0.3 is 12.0 Å². The first kappa shape index (κ1) is 15.2. The van der Waals surface area contributed by atoms with Crippen LogP contribution >= 0.6 is 0 Å². The first-order valence-electron chi connectivity index (χ1n) is 6.61. The first-order chi connectivity index (χ1) is 9.89. The number of aromatic carboxylic acids is 1. The van der Waals surface area contributed by atoms with Gasteiger partial charge in [0.05, 0.1) is 16.9 Å². The molecule has 0 aliphatic carbocycles. The third-order valence-electron chi connectivity index (χ3n) is 3.38. The average molecular weight is 296 g/mol. The lowest BCUT2D eigenvalue weighted by molar-refractivity contribution is 0.0232. The van der Waals surface area contributed by atoms with E-state index in [1.165, 1.54) is 0 Å². The van der Waals surface area contributed by atoms with Gasteiger partial charge in [-0.1, -0.05) is 0 Å². The molecular formula is C14H17FN2O4. The van der Waals surface area contributed by atoms with E-state index in [4.69, 9.17) is 9.84 Å². The molecule has 1 atom stereocenters. The average Bonchev–Trinajstić information content (AvgIpc) is 2.86. The zero-order chi connectivity index (χ0) is 15.5. The normalized spacial score (nSPS) is 21.0. The van der Waals surface area contributed by atoms with Gasteiger partial charge in [-0.05, 0) is 38.0 Å². The van der Waals surface area contributed by atoms with Crippen LogP contribution in [0.5, 0.6) is 0 Å². The second kappa shape index (κ2) is 6.09. The van der Waals surface area contributed by atoms with Gasteiger partial charge in [0.1, 0.15) is 5.82 Å². The maximum Gasteiger partial charge on any atom is 0.335 e. The lowest BCUT2D eigenvalue weighted by Gasteiger charge is -2.23. The molecular weight excluding hydrogens is 279 g/mol. The summed E-state index contributed by atoms with van der Waals surface area (Å²) in [7, 11) is 0. The number of benzene rings is 1. The fourth-order valence-electron chi connectivity index (χ4n) is 2.16. The van der Waals surface area contributed by atoms with Crippen molar-refractivity contribution >= 4 is 17.7 Å². The molecule has 7 heteroatoms. The highest BCUT2D eigenvalue weighted by atomic mass is 19.1. The van der Waals surface area contributed by atoms with E-state index in [9.17, 15) is 14.0 Å². The minimum atomic E-state index is -1.19. The molecule has 1 fully saturated rings. The summed E-state index contributed by atoms with van der Waals surface area (Å²) in [5.74, 6) is -1.89. The van der Waals surface area contributed by atoms with Gasteiger partial charge in [0, 0.05) is 13.2 Å². The van der Waals surface area contributed by atoms with Crippen LogP contribution in [0.2, 0.25) is 0 Å². The summed E-state index contributed by atoms with van der Waals surface area (Å²) in [6, 6.07) is 2.60. The quantitative estimate of drug-likeness (QED) is 0.795. The molecule has 21 heavy (non-hydrogen) atoms. The number of hydrogen-bond acceptors (Lipinski definition) is 3. The summed E-state index contributed by atoms with van der Waals surface area (Å²) < 4.78 is 19.1. The molecule has 0 aromatic heterocycles. The molecule has 1 unspecified atom stereocenters. The number of halogens is 1. The highest BCUT2D eigenvalue weighted by molar-refractivity contribution is 5.93. The van der Waals surface area contributed by atoms with Crippen molar-refractivity contribution in [2.45, 2.75) is 25.4 Å². The topological polar surface area (TPSA) is 87.7 Å². The Morgan fingerprint density at radius 2 is 2.24 bits per heavy atom.